The molecular weight excluding hydrogens is 422 g/mol. The third-order valence-corrected chi connectivity index (χ3v) is 5.91. The second-order valence-electron chi connectivity index (χ2n) is 8.54. The first kappa shape index (κ1) is 26.2. The fraction of sp³-hybridized carbons (Fsp3) is 0.462. The van der Waals surface area contributed by atoms with E-state index in [-0.39, 0.29) is 36.7 Å². The third-order valence-electron chi connectivity index (χ3n) is 5.91. The molecule has 7 heteroatoms. The first-order valence-electron chi connectivity index (χ1n) is 11.4. The lowest BCUT2D eigenvalue weighted by molar-refractivity contribution is -0.384. The lowest BCUT2D eigenvalue weighted by Gasteiger charge is -2.28. The molecule has 2 rings (SSSR count). The highest BCUT2D eigenvalue weighted by molar-refractivity contribution is 5.80. The molecule has 0 saturated carbocycles. The summed E-state index contributed by atoms with van der Waals surface area (Å²) < 4.78 is 4.72. The van der Waals surface area contributed by atoms with Crippen molar-refractivity contribution in [2.75, 3.05) is 7.11 Å². The quantitative estimate of drug-likeness (QED) is 0.240. The number of carbonyl (C=O) groups excluding carboxylic acids is 2. The first-order chi connectivity index (χ1) is 15.8. The van der Waals surface area contributed by atoms with Gasteiger partial charge in [0.1, 0.15) is 5.78 Å². The maximum Gasteiger partial charge on any atom is 0.305 e. The molecule has 0 aromatic heterocycles. The van der Waals surface area contributed by atoms with Crippen LogP contribution in [0.3, 0.4) is 0 Å². The lowest BCUT2D eigenvalue weighted by Crippen LogP contribution is -2.33. The summed E-state index contributed by atoms with van der Waals surface area (Å²) in [4.78, 5) is 35.4. The molecule has 0 spiro atoms. The van der Waals surface area contributed by atoms with Gasteiger partial charge >= 0.3 is 5.97 Å². The van der Waals surface area contributed by atoms with Gasteiger partial charge in [-0.25, -0.2) is 0 Å². The molecule has 0 saturated heterocycles. The Kier molecular flexibility index (Phi) is 10.2. The molecule has 0 aliphatic carbocycles. The zero-order valence-corrected chi connectivity index (χ0v) is 19.4. The number of methoxy groups -OCH3 is 1. The van der Waals surface area contributed by atoms with E-state index in [9.17, 15) is 24.8 Å². The monoisotopic (exact) mass is 455 g/mol. The van der Waals surface area contributed by atoms with Crippen molar-refractivity contribution in [2.24, 2.45) is 0 Å². The molecule has 0 aliphatic heterocycles. The van der Waals surface area contributed by atoms with E-state index in [1.165, 1.54) is 19.2 Å². The van der Waals surface area contributed by atoms with Gasteiger partial charge in [0.25, 0.3) is 5.69 Å². The molecule has 0 radical (unpaired) electrons. The van der Waals surface area contributed by atoms with Crippen molar-refractivity contribution < 1.29 is 24.4 Å². The third kappa shape index (κ3) is 8.77. The molecule has 2 aromatic carbocycles. The Morgan fingerprint density at radius 3 is 2.48 bits per heavy atom. The van der Waals surface area contributed by atoms with Crippen molar-refractivity contribution in [2.45, 2.75) is 69.8 Å². The largest absolute Gasteiger partial charge is 0.469 e. The van der Waals surface area contributed by atoms with Crippen LogP contribution in [0.1, 0.15) is 68.9 Å². The van der Waals surface area contributed by atoms with Crippen LogP contribution in [-0.2, 0) is 20.7 Å². The molecule has 33 heavy (non-hydrogen) atoms. The molecule has 0 amide bonds. The van der Waals surface area contributed by atoms with Crippen molar-refractivity contribution in [3.8, 4) is 0 Å². The number of Topliss-reactive ketones (excluding diaryl/α,β-unsaturated/α-hetero) is 1. The number of rotatable bonds is 14. The normalized spacial score (nSPS) is 13.7. The number of nitro groups is 1. The number of ketones is 1. The van der Waals surface area contributed by atoms with E-state index in [0.717, 1.165) is 12.0 Å². The average Bonchev–Trinajstić information content (AvgIpc) is 2.81. The number of aryl methyl sites for hydroxylation is 1. The number of esters is 1. The number of carbonyl (C=O) groups is 2. The molecular formula is C26H33NO6. The number of hydrogen-bond acceptors (Lipinski definition) is 6. The van der Waals surface area contributed by atoms with Crippen LogP contribution in [0.15, 0.2) is 54.6 Å². The predicted octanol–water partition coefficient (Wildman–Crippen LogP) is 5.14. The standard InChI is InChI=1S/C26H33NO6/c1-3-15-26(30,16-14-20-8-5-4-6-9-20)19-24(28)18-22(12-13-25(29)33-2)21-10-7-11-23(17-21)27(31)32/h4-11,17,22,30H,3,12-16,18-19H2,1-2H3. The minimum Gasteiger partial charge on any atom is -0.469 e. The van der Waals surface area contributed by atoms with Crippen molar-refractivity contribution >= 4 is 17.4 Å². The zero-order valence-electron chi connectivity index (χ0n) is 19.4. The molecule has 7 nitrogen and oxygen atoms in total. The van der Waals surface area contributed by atoms with E-state index in [0.29, 0.717) is 31.2 Å². The Bertz CT molecular complexity index is 929. The molecule has 0 fully saturated rings. The van der Waals surface area contributed by atoms with Crippen molar-refractivity contribution in [1.29, 1.82) is 0 Å². The molecule has 0 heterocycles. The highest BCUT2D eigenvalue weighted by Crippen LogP contribution is 2.31. The van der Waals surface area contributed by atoms with E-state index in [4.69, 9.17) is 4.74 Å². The Morgan fingerprint density at radius 1 is 1.12 bits per heavy atom. The van der Waals surface area contributed by atoms with Gasteiger partial charge in [-0.3, -0.25) is 19.7 Å². The van der Waals surface area contributed by atoms with E-state index < -0.39 is 16.5 Å². The summed E-state index contributed by atoms with van der Waals surface area (Å²) in [7, 11) is 1.30. The van der Waals surface area contributed by atoms with Gasteiger partial charge in [0.15, 0.2) is 0 Å². The summed E-state index contributed by atoms with van der Waals surface area (Å²) in [5, 5.41) is 22.4. The number of nitrogens with zero attached hydrogens (tertiary/aromatic N) is 1. The SMILES string of the molecule is CCCC(O)(CCc1ccccc1)CC(=O)CC(CCC(=O)OC)c1cccc([N+](=O)[O-])c1. The van der Waals surface area contributed by atoms with E-state index in [2.05, 4.69) is 0 Å². The second kappa shape index (κ2) is 12.8. The van der Waals surface area contributed by atoms with Gasteiger partial charge in [-0.15, -0.1) is 0 Å². The summed E-state index contributed by atoms with van der Waals surface area (Å²) in [6, 6.07) is 16.0. The summed E-state index contributed by atoms with van der Waals surface area (Å²) >= 11 is 0. The van der Waals surface area contributed by atoms with Gasteiger partial charge in [-0.05, 0) is 42.7 Å². The number of non-ortho nitro benzene ring substituents is 1. The molecule has 2 atom stereocenters. The van der Waals surface area contributed by atoms with Crippen LogP contribution in [0.5, 0.6) is 0 Å². The number of nitro benzene ring substituents is 1. The zero-order chi connectivity index (χ0) is 24.3. The molecule has 0 aliphatic rings. The Balaban J connectivity index is 2.13. The van der Waals surface area contributed by atoms with Crippen LogP contribution >= 0.6 is 0 Å². The van der Waals surface area contributed by atoms with Gasteiger partial charge < -0.3 is 9.84 Å². The van der Waals surface area contributed by atoms with Crippen LogP contribution in [-0.4, -0.2) is 34.5 Å². The number of benzene rings is 2. The Hall–Kier alpha value is -3.06. The Labute approximate surface area is 194 Å². The minimum absolute atomic E-state index is 0.0112. The summed E-state index contributed by atoms with van der Waals surface area (Å²) in [6.45, 7) is 1.97. The predicted molar refractivity (Wildman–Crippen MR) is 126 cm³/mol. The minimum atomic E-state index is -1.11. The van der Waals surface area contributed by atoms with Gasteiger partial charge in [0.2, 0.25) is 0 Å². The summed E-state index contributed by atoms with van der Waals surface area (Å²) in [5.41, 5.74) is 0.558. The maximum atomic E-state index is 13.1. The molecule has 1 N–H and O–H groups in total. The summed E-state index contributed by atoms with van der Waals surface area (Å²) in [6.07, 6.45) is 2.93. The fourth-order valence-electron chi connectivity index (χ4n) is 4.18. The van der Waals surface area contributed by atoms with E-state index in [1.807, 2.05) is 37.3 Å². The van der Waals surface area contributed by atoms with E-state index in [1.54, 1.807) is 12.1 Å². The van der Waals surface area contributed by atoms with Gasteiger partial charge in [-0.2, -0.15) is 0 Å². The van der Waals surface area contributed by atoms with Gasteiger partial charge in [0, 0.05) is 31.4 Å². The van der Waals surface area contributed by atoms with Gasteiger partial charge in [0.05, 0.1) is 17.6 Å². The fourth-order valence-corrected chi connectivity index (χ4v) is 4.18. The van der Waals surface area contributed by atoms with Crippen molar-refractivity contribution in [1.82, 2.24) is 0 Å². The second-order valence-corrected chi connectivity index (χ2v) is 8.54. The highest BCUT2D eigenvalue weighted by atomic mass is 16.6. The molecule has 2 unspecified atom stereocenters. The Morgan fingerprint density at radius 2 is 1.85 bits per heavy atom. The smallest absolute Gasteiger partial charge is 0.305 e. The first-order valence-corrected chi connectivity index (χ1v) is 11.4. The molecule has 2 aromatic rings. The van der Waals surface area contributed by atoms with Crippen LogP contribution in [0.25, 0.3) is 0 Å². The molecule has 0 bridgehead atoms. The van der Waals surface area contributed by atoms with E-state index >= 15 is 0 Å². The average molecular weight is 456 g/mol. The van der Waals surface area contributed by atoms with Crippen molar-refractivity contribution in [3.05, 3.63) is 75.8 Å². The summed E-state index contributed by atoms with van der Waals surface area (Å²) in [5.74, 6) is -0.903. The van der Waals surface area contributed by atoms with Crippen LogP contribution < -0.4 is 0 Å². The topological polar surface area (TPSA) is 107 Å². The van der Waals surface area contributed by atoms with Crippen LogP contribution in [0.2, 0.25) is 0 Å². The van der Waals surface area contributed by atoms with Crippen molar-refractivity contribution in [3.63, 3.8) is 0 Å². The maximum absolute atomic E-state index is 13.1. The van der Waals surface area contributed by atoms with Crippen LogP contribution in [0.4, 0.5) is 5.69 Å². The highest BCUT2D eigenvalue weighted by Gasteiger charge is 2.30. The molecule has 178 valence electrons. The van der Waals surface area contributed by atoms with Crippen LogP contribution in [0, 0.1) is 10.1 Å². The number of hydrogen-bond donors (Lipinski definition) is 1. The number of ether oxygens (including phenoxy) is 1. The van der Waals surface area contributed by atoms with Gasteiger partial charge in [-0.1, -0.05) is 55.8 Å². The number of aliphatic hydroxyl groups is 1. The lowest BCUT2D eigenvalue weighted by atomic mass is 9.82.